The summed E-state index contributed by atoms with van der Waals surface area (Å²) >= 11 is 0. The van der Waals surface area contributed by atoms with Gasteiger partial charge in [-0.3, -0.25) is 4.79 Å². The number of carbonyl (C=O) groups is 1. The topological polar surface area (TPSA) is 77.1 Å². The van der Waals surface area contributed by atoms with Gasteiger partial charge in [-0.05, 0) is 36.2 Å². The minimum Gasteiger partial charge on any atom is -0.497 e. The lowest BCUT2D eigenvalue weighted by atomic mass is 9.69. The van der Waals surface area contributed by atoms with Crippen LogP contribution in [-0.2, 0) is 0 Å². The van der Waals surface area contributed by atoms with E-state index in [4.69, 9.17) is 4.74 Å². The van der Waals surface area contributed by atoms with Crippen LogP contribution in [0.5, 0.6) is 5.75 Å². The van der Waals surface area contributed by atoms with E-state index in [-0.39, 0.29) is 5.78 Å². The van der Waals surface area contributed by atoms with Crippen molar-refractivity contribution in [1.82, 2.24) is 0 Å². The summed E-state index contributed by atoms with van der Waals surface area (Å²) in [6.07, 6.45) is 3.84. The Bertz CT molecular complexity index is 1350. The molecule has 2 aliphatic rings. The van der Waals surface area contributed by atoms with E-state index in [1.807, 2.05) is 96.8 Å². The number of hydrogen-bond acceptors (Lipinski definition) is 5. The maximum atomic E-state index is 14.1. The molecule has 0 aromatic heterocycles. The number of anilines is 1. The van der Waals surface area contributed by atoms with E-state index in [0.717, 1.165) is 22.4 Å². The summed E-state index contributed by atoms with van der Waals surface area (Å²) in [5.41, 5.74) is 2.74. The molecule has 0 N–H and O–H groups in total. The number of fused-ring (bicyclic) bond motifs is 3. The van der Waals surface area contributed by atoms with E-state index >= 15 is 0 Å². The Kier molecular flexibility index (Phi) is 5.19. The van der Waals surface area contributed by atoms with Crippen LogP contribution in [0, 0.1) is 35.0 Å². The Morgan fingerprint density at radius 1 is 0.971 bits per heavy atom. The van der Waals surface area contributed by atoms with Gasteiger partial charge in [0.25, 0.3) is 0 Å². The summed E-state index contributed by atoms with van der Waals surface area (Å²) < 4.78 is 5.31. The molecule has 1 fully saturated rings. The Hall–Kier alpha value is -4.35. The zero-order valence-corrected chi connectivity index (χ0v) is 19.0. The fourth-order valence-corrected chi connectivity index (χ4v) is 5.31. The smallest absolute Gasteiger partial charge is 0.185 e. The van der Waals surface area contributed by atoms with Crippen molar-refractivity contribution in [3.63, 3.8) is 0 Å². The van der Waals surface area contributed by atoms with Crippen molar-refractivity contribution < 1.29 is 9.53 Å². The number of ether oxygens (including phenoxy) is 1. The molecule has 0 unspecified atom stereocenters. The predicted molar refractivity (Wildman–Crippen MR) is 130 cm³/mol. The molecule has 0 aliphatic carbocycles. The SMILES string of the molecule is COc1ccc([C@H]2[C@H](C(=O)c3ccc(C)cc3)N3c4ccccc4C=C[C@H]3C2(C#N)C#N)cc1. The van der Waals surface area contributed by atoms with Gasteiger partial charge in [-0.15, -0.1) is 0 Å². The van der Waals surface area contributed by atoms with E-state index < -0.39 is 23.4 Å². The maximum absolute atomic E-state index is 14.1. The monoisotopic (exact) mass is 445 g/mol. The molecular weight excluding hydrogens is 422 g/mol. The van der Waals surface area contributed by atoms with Crippen LogP contribution >= 0.6 is 0 Å². The molecule has 0 amide bonds. The van der Waals surface area contributed by atoms with Crippen molar-refractivity contribution >= 4 is 17.5 Å². The summed E-state index contributed by atoms with van der Waals surface area (Å²) in [6.45, 7) is 1.97. The molecule has 0 bridgehead atoms. The molecule has 5 heteroatoms. The molecule has 3 atom stereocenters. The first-order valence-electron chi connectivity index (χ1n) is 11.2. The number of carbonyl (C=O) groups excluding carboxylic acids is 1. The van der Waals surface area contributed by atoms with Gasteiger partial charge < -0.3 is 9.64 Å². The van der Waals surface area contributed by atoms with Crippen molar-refractivity contribution in [2.45, 2.75) is 24.9 Å². The van der Waals surface area contributed by atoms with Crippen LogP contribution in [0.3, 0.4) is 0 Å². The zero-order chi connectivity index (χ0) is 23.9. The Balaban J connectivity index is 1.76. The van der Waals surface area contributed by atoms with E-state index in [0.29, 0.717) is 11.3 Å². The average Bonchev–Trinajstić information content (AvgIpc) is 3.19. The Morgan fingerprint density at radius 2 is 1.65 bits per heavy atom. The lowest BCUT2D eigenvalue weighted by Gasteiger charge is -2.35. The molecule has 3 aromatic rings. The van der Waals surface area contributed by atoms with Crippen LogP contribution in [0.25, 0.3) is 6.08 Å². The summed E-state index contributed by atoms with van der Waals surface area (Å²) in [5.74, 6) is -0.100. The first-order valence-corrected chi connectivity index (χ1v) is 11.2. The van der Waals surface area contributed by atoms with E-state index in [9.17, 15) is 15.3 Å². The van der Waals surface area contributed by atoms with Crippen molar-refractivity contribution in [3.05, 3.63) is 101 Å². The van der Waals surface area contributed by atoms with Crippen molar-refractivity contribution in [3.8, 4) is 17.9 Å². The number of benzene rings is 3. The van der Waals surface area contributed by atoms with Gasteiger partial charge in [-0.25, -0.2) is 0 Å². The summed E-state index contributed by atoms with van der Waals surface area (Å²) in [7, 11) is 1.59. The van der Waals surface area contributed by atoms with Crippen molar-refractivity contribution in [2.75, 3.05) is 12.0 Å². The molecule has 1 saturated heterocycles. The molecule has 0 radical (unpaired) electrons. The number of aryl methyl sites for hydroxylation is 1. The highest BCUT2D eigenvalue weighted by molar-refractivity contribution is 6.04. The summed E-state index contributed by atoms with van der Waals surface area (Å²) in [5, 5.41) is 20.9. The standard InChI is InChI=1S/C29H23N3O2/c1-19-7-9-22(10-8-19)28(33)27-26(21-11-14-23(34-2)15-12-21)29(17-30,18-31)25-16-13-20-5-3-4-6-24(20)32(25)27/h3-16,25-27H,1-2H3/t25-,26-,27+/m0/s1. The molecule has 34 heavy (non-hydrogen) atoms. The fourth-order valence-electron chi connectivity index (χ4n) is 5.31. The first-order chi connectivity index (χ1) is 16.5. The van der Waals surface area contributed by atoms with Crippen LogP contribution in [-0.4, -0.2) is 25.0 Å². The Labute approximate surface area is 199 Å². The van der Waals surface area contributed by atoms with Gasteiger partial charge in [0.05, 0.1) is 25.3 Å². The first kappa shape index (κ1) is 21.5. The van der Waals surface area contributed by atoms with Gasteiger partial charge in [0.1, 0.15) is 11.8 Å². The Morgan fingerprint density at radius 3 is 2.29 bits per heavy atom. The number of para-hydroxylation sites is 1. The maximum Gasteiger partial charge on any atom is 0.185 e. The minimum atomic E-state index is -1.45. The second kappa shape index (κ2) is 8.21. The highest BCUT2D eigenvalue weighted by Crippen LogP contribution is 2.55. The third-order valence-electron chi connectivity index (χ3n) is 6.99. The molecule has 2 aliphatic heterocycles. The van der Waals surface area contributed by atoms with Gasteiger partial charge in [0, 0.05) is 17.2 Å². The van der Waals surface area contributed by atoms with E-state index in [1.165, 1.54) is 0 Å². The molecule has 0 spiro atoms. The highest BCUT2D eigenvalue weighted by Gasteiger charge is 2.63. The summed E-state index contributed by atoms with van der Waals surface area (Å²) in [4.78, 5) is 16.1. The third-order valence-corrected chi connectivity index (χ3v) is 6.99. The highest BCUT2D eigenvalue weighted by atomic mass is 16.5. The van der Waals surface area contributed by atoms with Crippen molar-refractivity contribution in [2.24, 2.45) is 5.41 Å². The molecule has 2 heterocycles. The average molecular weight is 446 g/mol. The number of methoxy groups -OCH3 is 1. The molecule has 3 aromatic carbocycles. The van der Waals surface area contributed by atoms with Gasteiger partial charge >= 0.3 is 0 Å². The molecule has 5 nitrogen and oxygen atoms in total. The largest absolute Gasteiger partial charge is 0.497 e. The van der Waals surface area contributed by atoms with Crippen LogP contribution in [0.4, 0.5) is 5.69 Å². The number of ketones is 1. The summed E-state index contributed by atoms with van der Waals surface area (Å²) in [6, 6.07) is 26.0. The number of hydrogen-bond donors (Lipinski definition) is 0. The van der Waals surface area contributed by atoms with Crippen LogP contribution in [0.1, 0.15) is 33.0 Å². The van der Waals surface area contributed by atoms with E-state index in [2.05, 4.69) is 12.1 Å². The molecule has 5 rings (SSSR count). The normalized spacial score (nSPS) is 21.6. The number of nitrogens with zero attached hydrogens (tertiary/aromatic N) is 3. The number of nitriles is 2. The quantitative estimate of drug-likeness (QED) is 0.510. The van der Waals surface area contributed by atoms with Gasteiger partial charge in [-0.2, -0.15) is 10.5 Å². The van der Waals surface area contributed by atoms with Gasteiger partial charge in [0.2, 0.25) is 0 Å². The molecule has 0 saturated carbocycles. The number of Topliss-reactive ketones (excluding diaryl/α,β-unsaturated/α-hetero) is 1. The second-order valence-corrected chi connectivity index (χ2v) is 8.79. The molecular formula is C29H23N3O2. The minimum absolute atomic E-state index is 0.108. The van der Waals surface area contributed by atoms with Crippen molar-refractivity contribution in [1.29, 1.82) is 10.5 Å². The molecule has 166 valence electrons. The van der Waals surface area contributed by atoms with Gasteiger partial charge in [0.15, 0.2) is 11.2 Å². The zero-order valence-electron chi connectivity index (χ0n) is 19.0. The van der Waals surface area contributed by atoms with Crippen LogP contribution < -0.4 is 9.64 Å². The number of rotatable bonds is 4. The van der Waals surface area contributed by atoms with Crippen LogP contribution in [0.15, 0.2) is 78.9 Å². The van der Waals surface area contributed by atoms with Crippen LogP contribution in [0.2, 0.25) is 0 Å². The lowest BCUT2D eigenvalue weighted by molar-refractivity contribution is 0.0951. The third kappa shape index (κ3) is 3.10. The fraction of sp³-hybridized carbons (Fsp3) is 0.207. The van der Waals surface area contributed by atoms with Gasteiger partial charge in [-0.1, -0.05) is 72.3 Å². The second-order valence-electron chi connectivity index (χ2n) is 8.79. The van der Waals surface area contributed by atoms with E-state index in [1.54, 1.807) is 7.11 Å². The predicted octanol–water partition coefficient (Wildman–Crippen LogP) is 5.29. The lowest BCUT2D eigenvalue weighted by Crippen LogP contribution is -2.44.